The number of hydrogen-bond donors (Lipinski definition) is 1. The van der Waals surface area contributed by atoms with Gasteiger partial charge in [0.2, 0.25) is 0 Å². The van der Waals surface area contributed by atoms with Gasteiger partial charge in [0.05, 0.1) is 11.9 Å². The monoisotopic (exact) mass is 441 g/mol. The Kier molecular flexibility index (Phi) is 5.34. The van der Waals surface area contributed by atoms with Gasteiger partial charge in [0.1, 0.15) is 24.2 Å². The second kappa shape index (κ2) is 8.47. The zero-order chi connectivity index (χ0) is 22.9. The lowest BCUT2D eigenvalue weighted by molar-refractivity contribution is -0.136. The average Bonchev–Trinajstić information content (AvgIpc) is 3.38. The van der Waals surface area contributed by atoms with E-state index in [2.05, 4.69) is 6.07 Å². The first-order valence-electron chi connectivity index (χ1n) is 10.8. The molecule has 0 radical (unpaired) electrons. The minimum Gasteiger partial charge on any atom is -0.490 e. The molecule has 0 unspecified atom stereocenters. The van der Waals surface area contributed by atoms with Crippen molar-refractivity contribution in [3.8, 4) is 11.5 Å². The van der Waals surface area contributed by atoms with Crippen LogP contribution in [-0.4, -0.2) is 34.3 Å². The molecule has 4 aromatic rings. The number of ether oxygens (including phenoxy) is 2. The van der Waals surface area contributed by atoms with Gasteiger partial charge in [-0.3, -0.25) is 14.2 Å². The predicted octanol–water partition coefficient (Wildman–Crippen LogP) is 4.65. The van der Waals surface area contributed by atoms with E-state index in [4.69, 9.17) is 9.47 Å². The van der Waals surface area contributed by atoms with Gasteiger partial charge >= 0.3 is 5.97 Å². The number of rotatable bonds is 6. The van der Waals surface area contributed by atoms with Crippen molar-refractivity contribution in [1.82, 2.24) is 4.57 Å². The molecule has 0 saturated heterocycles. The molecule has 33 heavy (non-hydrogen) atoms. The van der Waals surface area contributed by atoms with Crippen LogP contribution >= 0.6 is 0 Å². The Balaban J connectivity index is 1.31. The molecular weight excluding hydrogens is 418 g/mol. The van der Waals surface area contributed by atoms with Gasteiger partial charge in [-0.1, -0.05) is 30.3 Å². The van der Waals surface area contributed by atoms with Crippen LogP contribution in [0.15, 0.2) is 72.8 Å². The third-order valence-corrected chi connectivity index (χ3v) is 5.92. The summed E-state index contributed by atoms with van der Waals surface area (Å²) in [5, 5.41) is 9.96. The van der Waals surface area contributed by atoms with E-state index in [0.717, 1.165) is 23.3 Å². The maximum atomic E-state index is 13.3. The number of hydrogen-bond acceptors (Lipinski definition) is 4. The van der Waals surface area contributed by atoms with E-state index in [9.17, 15) is 14.7 Å². The van der Waals surface area contributed by atoms with E-state index in [1.165, 1.54) is 5.56 Å². The maximum Gasteiger partial charge on any atom is 0.307 e. The normalized spacial score (nSPS) is 14.6. The highest BCUT2D eigenvalue weighted by atomic mass is 16.5. The van der Waals surface area contributed by atoms with Gasteiger partial charge in [-0.15, -0.1) is 0 Å². The summed E-state index contributed by atoms with van der Waals surface area (Å²) < 4.78 is 13.4. The lowest BCUT2D eigenvalue weighted by Crippen LogP contribution is -2.22. The van der Waals surface area contributed by atoms with Gasteiger partial charge in [-0.25, -0.2) is 0 Å². The van der Waals surface area contributed by atoms with Crippen LogP contribution in [0.5, 0.6) is 11.5 Å². The molecule has 0 amide bonds. The standard InChI is InChI=1S/C27H23NO5/c1-17-13-23-19(15-26(29)30)6-4-7-24(23)28(17)27(31)18-9-11-21(12-10-18)32-16-22-14-20-5-2-3-8-25(20)33-22/h2-13,22H,14-16H2,1H3,(H,29,30)/t22-/m0/s1. The Morgan fingerprint density at radius 3 is 2.61 bits per heavy atom. The SMILES string of the molecule is Cc1cc2c(CC(=O)O)cccc2n1C(=O)c1ccc(OC[C@@H]2Cc3ccccc3O2)cc1. The molecule has 1 N–H and O–H groups in total. The summed E-state index contributed by atoms with van der Waals surface area (Å²) >= 11 is 0. The third-order valence-electron chi connectivity index (χ3n) is 5.92. The molecule has 0 fully saturated rings. The van der Waals surface area contributed by atoms with Crippen LogP contribution in [-0.2, 0) is 17.6 Å². The molecule has 1 aliphatic heterocycles. The number of carboxylic acid groups (broad SMARTS) is 1. The van der Waals surface area contributed by atoms with Crippen molar-refractivity contribution in [3.63, 3.8) is 0 Å². The van der Waals surface area contributed by atoms with E-state index in [1.54, 1.807) is 41.0 Å². The zero-order valence-corrected chi connectivity index (χ0v) is 18.2. The number of para-hydroxylation sites is 1. The molecule has 1 aromatic heterocycles. The van der Waals surface area contributed by atoms with Crippen LogP contribution in [0.25, 0.3) is 10.9 Å². The molecule has 0 spiro atoms. The van der Waals surface area contributed by atoms with Gasteiger partial charge in [0.15, 0.2) is 0 Å². The van der Waals surface area contributed by atoms with Crippen molar-refractivity contribution < 1.29 is 24.2 Å². The summed E-state index contributed by atoms with van der Waals surface area (Å²) in [5.41, 5.74) is 3.86. The predicted molar refractivity (Wildman–Crippen MR) is 124 cm³/mol. The van der Waals surface area contributed by atoms with E-state index in [0.29, 0.717) is 29.0 Å². The van der Waals surface area contributed by atoms with Crippen LogP contribution in [0.1, 0.15) is 27.2 Å². The smallest absolute Gasteiger partial charge is 0.307 e. The topological polar surface area (TPSA) is 77.8 Å². The van der Waals surface area contributed by atoms with E-state index >= 15 is 0 Å². The first-order chi connectivity index (χ1) is 16.0. The summed E-state index contributed by atoms with van der Waals surface area (Å²) in [6.07, 6.45) is 0.700. The van der Waals surface area contributed by atoms with Gasteiger partial charge in [-0.2, -0.15) is 0 Å². The van der Waals surface area contributed by atoms with Crippen molar-refractivity contribution in [2.45, 2.75) is 25.9 Å². The van der Waals surface area contributed by atoms with E-state index < -0.39 is 5.97 Å². The van der Waals surface area contributed by atoms with Crippen LogP contribution in [0.4, 0.5) is 0 Å². The highest BCUT2D eigenvalue weighted by molar-refractivity contribution is 6.04. The number of aliphatic carboxylic acids is 1. The summed E-state index contributed by atoms with van der Waals surface area (Å²) in [7, 11) is 0. The lowest BCUT2D eigenvalue weighted by atomic mass is 10.1. The number of benzene rings is 3. The Labute approximate surface area is 191 Å². The summed E-state index contributed by atoms with van der Waals surface area (Å²) in [6, 6.07) is 22.3. The van der Waals surface area contributed by atoms with Crippen molar-refractivity contribution >= 4 is 22.8 Å². The molecule has 6 nitrogen and oxygen atoms in total. The first kappa shape index (κ1) is 20.8. The number of carbonyl (C=O) groups excluding carboxylic acids is 1. The third kappa shape index (κ3) is 4.07. The average molecular weight is 441 g/mol. The summed E-state index contributed by atoms with van der Waals surface area (Å²) in [4.78, 5) is 24.5. The highest BCUT2D eigenvalue weighted by Crippen LogP contribution is 2.29. The van der Waals surface area contributed by atoms with Gasteiger partial charge in [0, 0.05) is 23.1 Å². The maximum absolute atomic E-state index is 13.3. The minimum absolute atomic E-state index is 0.0300. The minimum atomic E-state index is -0.901. The Bertz CT molecular complexity index is 1330. The molecule has 1 aliphatic rings. The fourth-order valence-corrected chi connectivity index (χ4v) is 4.37. The Morgan fingerprint density at radius 2 is 1.85 bits per heavy atom. The summed E-state index contributed by atoms with van der Waals surface area (Å²) in [6.45, 7) is 2.27. The molecular formula is C27H23NO5. The number of nitrogens with zero attached hydrogens (tertiary/aromatic N) is 1. The van der Waals surface area contributed by atoms with Crippen molar-refractivity contribution in [1.29, 1.82) is 0 Å². The van der Waals surface area contributed by atoms with Gasteiger partial charge in [-0.05, 0) is 60.5 Å². The lowest BCUT2D eigenvalue weighted by Gasteiger charge is -2.13. The molecule has 5 rings (SSSR count). The van der Waals surface area contributed by atoms with Crippen molar-refractivity contribution in [3.05, 3.63) is 95.2 Å². The second-order valence-corrected chi connectivity index (χ2v) is 8.23. The first-order valence-corrected chi connectivity index (χ1v) is 10.8. The Hall–Kier alpha value is -4.06. The quantitative estimate of drug-likeness (QED) is 0.471. The zero-order valence-electron chi connectivity index (χ0n) is 18.2. The van der Waals surface area contributed by atoms with Crippen molar-refractivity contribution in [2.75, 3.05) is 6.61 Å². The number of aromatic nitrogens is 1. The molecule has 0 bridgehead atoms. The molecule has 6 heteroatoms. The fraction of sp³-hybridized carbons (Fsp3) is 0.185. The molecule has 2 heterocycles. The van der Waals surface area contributed by atoms with E-state index in [-0.39, 0.29) is 18.4 Å². The van der Waals surface area contributed by atoms with E-state index in [1.807, 2.05) is 37.3 Å². The molecule has 3 aromatic carbocycles. The number of carboxylic acids is 1. The van der Waals surface area contributed by atoms with Crippen LogP contribution in [0.2, 0.25) is 0 Å². The van der Waals surface area contributed by atoms with Gasteiger partial charge in [0.25, 0.3) is 5.91 Å². The summed E-state index contributed by atoms with van der Waals surface area (Å²) in [5.74, 6) is 0.509. The number of carbonyl (C=O) groups is 2. The molecule has 166 valence electrons. The van der Waals surface area contributed by atoms with Gasteiger partial charge < -0.3 is 14.6 Å². The highest BCUT2D eigenvalue weighted by Gasteiger charge is 2.23. The fourth-order valence-electron chi connectivity index (χ4n) is 4.37. The molecule has 0 aliphatic carbocycles. The number of fused-ring (bicyclic) bond motifs is 2. The Morgan fingerprint density at radius 1 is 1.06 bits per heavy atom. The number of aryl methyl sites for hydroxylation is 1. The largest absolute Gasteiger partial charge is 0.490 e. The van der Waals surface area contributed by atoms with Crippen LogP contribution in [0.3, 0.4) is 0 Å². The van der Waals surface area contributed by atoms with Crippen molar-refractivity contribution in [2.24, 2.45) is 0 Å². The molecule has 0 saturated carbocycles. The van der Waals surface area contributed by atoms with Crippen LogP contribution < -0.4 is 9.47 Å². The van der Waals surface area contributed by atoms with Crippen LogP contribution in [0, 0.1) is 6.92 Å². The molecule has 1 atom stereocenters. The second-order valence-electron chi connectivity index (χ2n) is 8.23.